The standard InChI is InChI=1S/C15H15NO4S/c1-21(18,19)20-10-4-9-16-13-8-3-6-11-5-2-7-12(14(11)13)15(16)17/h2-3,5-8H,4,9-10H2,1H3. The summed E-state index contributed by atoms with van der Waals surface area (Å²) < 4.78 is 26.6. The van der Waals surface area contributed by atoms with Crippen molar-refractivity contribution in [3.05, 3.63) is 42.0 Å². The molecule has 3 rings (SSSR count). The van der Waals surface area contributed by atoms with E-state index < -0.39 is 10.1 Å². The largest absolute Gasteiger partial charge is 0.308 e. The third-order valence-electron chi connectivity index (χ3n) is 3.47. The van der Waals surface area contributed by atoms with Gasteiger partial charge in [-0.1, -0.05) is 24.3 Å². The highest BCUT2D eigenvalue weighted by molar-refractivity contribution is 7.85. The molecule has 5 nitrogen and oxygen atoms in total. The van der Waals surface area contributed by atoms with Gasteiger partial charge in [0, 0.05) is 17.5 Å². The van der Waals surface area contributed by atoms with E-state index in [2.05, 4.69) is 0 Å². The highest BCUT2D eigenvalue weighted by Crippen LogP contribution is 2.37. The molecule has 110 valence electrons. The summed E-state index contributed by atoms with van der Waals surface area (Å²) in [4.78, 5) is 14.1. The lowest BCUT2D eigenvalue weighted by atomic mass is 10.1. The molecule has 0 fully saturated rings. The van der Waals surface area contributed by atoms with E-state index in [0.717, 1.165) is 22.7 Å². The second kappa shape index (κ2) is 5.13. The zero-order valence-corrected chi connectivity index (χ0v) is 12.4. The number of hydrogen-bond donors (Lipinski definition) is 0. The highest BCUT2D eigenvalue weighted by atomic mass is 32.2. The van der Waals surface area contributed by atoms with Crippen LogP contribution in [0, 0.1) is 0 Å². The van der Waals surface area contributed by atoms with Gasteiger partial charge in [0.1, 0.15) is 0 Å². The molecule has 2 aromatic rings. The van der Waals surface area contributed by atoms with Crippen molar-refractivity contribution >= 4 is 32.5 Å². The number of benzene rings is 2. The molecule has 0 atom stereocenters. The van der Waals surface area contributed by atoms with Gasteiger partial charge in [0.05, 0.1) is 18.6 Å². The van der Waals surface area contributed by atoms with Crippen LogP contribution in [0.25, 0.3) is 10.8 Å². The predicted octanol–water partition coefficient (Wildman–Crippen LogP) is 2.17. The lowest BCUT2D eigenvalue weighted by molar-refractivity contribution is 0.0992. The molecule has 1 heterocycles. The number of hydrogen-bond acceptors (Lipinski definition) is 4. The van der Waals surface area contributed by atoms with E-state index in [1.165, 1.54) is 0 Å². The monoisotopic (exact) mass is 305 g/mol. The molecule has 0 spiro atoms. The Morgan fingerprint density at radius 3 is 2.57 bits per heavy atom. The predicted molar refractivity (Wildman–Crippen MR) is 81.0 cm³/mol. The summed E-state index contributed by atoms with van der Waals surface area (Å²) in [5.41, 5.74) is 1.58. The molecule has 0 saturated carbocycles. The first-order valence-corrected chi connectivity index (χ1v) is 8.47. The fraction of sp³-hybridized carbons (Fsp3) is 0.267. The van der Waals surface area contributed by atoms with Gasteiger partial charge in [-0.2, -0.15) is 8.42 Å². The Kier molecular flexibility index (Phi) is 3.43. The molecule has 0 radical (unpaired) electrons. The summed E-state index contributed by atoms with van der Waals surface area (Å²) in [5, 5.41) is 2.00. The van der Waals surface area contributed by atoms with Crippen molar-refractivity contribution in [2.75, 3.05) is 24.3 Å². The van der Waals surface area contributed by atoms with Crippen molar-refractivity contribution in [1.82, 2.24) is 0 Å². The molecule has 0 N–H and O–H groups in total. The van der Waals surface area contributed by atoms with Gasteiger partial charge in [-0.05, 0) is 23.9 Å². The minimum atomic E-state index is -3.43. The van der Waals surface area contributed by atoms with Gasteiger partial charge in [-0.25, -0.2) is 0 Å². The minimum absolute atomic E-state index is 0.0406. The van der Waals surface area contributed by atoms with Crippen molar-refractivity contribution in [2.45, 2.75) is 6.42 Å². The van der Waals surface area contributed by atoms with Crippen molar-refractivity contribution in [3.63, 3.8) is 0 Å². The van der Waals surface area contributed by atoms with Crippen molar-refractivity contribution in [3.8, 4) is 0 Å². The van der Waals surface area contributed by atoms with Crippen LogP contribution in [0.5, 0.6) is 0 Å². The summed E-state index contributed by atoms with van der Waals surface area (Å²) in [6, 6.07) is 11.5. The lowest BCUT2D eigenvalue weighted by Crippen LogP contribution is -2.28. The fourth-order valence-electron chi connectivity index (χ4n) is 2.63. The highest BCUT2D eigenvalue weighted by Gasteiger charge is 2.28. The van der Waals surface area contributed by atoms with Gasteiger partial charge in [0.15, 0.2) is 0 Å². The third kappa shape index (κ3) is 2.64. The summed E-state index contributed by atoms with van der Waals surface area (Å²) in [7, 11) is -3.43. The molecule has 21 heavy (non-hydrogen) atoms. The zero-order chi connectivity index (χ0) is 15.0. The second-order valence-electron chi connectivity index (χ2n) is 5.02. The number of anilines is 1. The number of rotatable bonds is 5. The van der Waals surface area contributed by atoms with Crippen LogP contribution in [0.4, 0.5) is 5.69 Å². The van der Waals surface area contributed by atoms with Gasteiger partial charge in [-0.15, -0.1) is 0 Å². The van der Waals surface area contributed by atoms with E-state index >= 15 is 0 Å². The van der Waals surface area contributed by atoms with Crippen LogP contribution in [0.3, 0.4) is 0 Å². The molecule has 0 saturated heterocycles. The van der Waals surface area contributed by atoms with Crippen LogP contribution in [-0.4, -0.2) is 33.7 Å². The van der Waals surface area contributed by atoms with Crippen LogP contribution < -0.4 is 4.90 Å². The average molecular weight is 305 g/mol. The van der Waals surface area contributed by atoms with E-state index in [1.807, 2.05) is 36.4 Å². The van der Waals surface area contributed by atoms with Crippen LogP contribution in [0.2, 0.25) is 0 Å². The van der Waals surface area contributed by atoms with Gasteiger partial charge in [0.2, 0.25) is 0 Å². The summed E-state index contributed by atoms with van der Waals surface area (Å²) in [5.74, 6) is -0.0406. The quantitative estimate of drug-likeness (QED) is 0.627. The maximum atomic E-state index is 12.4. The minimum Gasteiger partial charge on any atom is -0.308 e. The van der Waals surface area contributed by atoms with E-state index in [-0.39, 0.29) is 12.5 Å². The van der Waals surface area contributed by atoms with E-state index in [1.54, 1.807) is 4.90 Å². The Hall–Kier alpha value is -1.92. The summed E-state index contributed by atoms with van der Waals surface area (Å²) in [6.07, 6.45) is 1.48. The Balaban J connectivity index is 1.80. The van der Waals surface area contributed by atoms with Gasteiger partial charge < -0.3 is 4.90 Å². The maximum Gasteiger partial charge on any atom is 0.264 e. The van der Waals surface area contributed by atoms with Crippen LogP contribution >= 0.6 is 0 Å². The first kappa shape index (κ1) is 14.0. The zero-order valence-electron chi connectivity index (χ0n) is 11.6. The normalized spacial score (nSPS) is 14.1. The summed E-state index contributed by atoms with van der Waals surface area (Å²) >= 11 is 0. The number of amides is 1. The third-order valence-corrected chi connectivity index (χ3v) is 4.07. The van der Waals surface area contributed by atoms with E-state index in [9.17, 15) is 13.2 Å². The van der Waals surface area contributed by atoms with Gasteiger partial charge in [-0.3, -0.25) is 8.98 Å². The first-order valence-electron chi connectivity index (χ1n) is 6.65. The smallest absolute Gasteiger partial charge is 0.264 e. The lowest BCUT2D eigenvalue weighted by Gasteiger charge is -2.17. The Labute approximate surface area is 123 Å². The van der Waals surface area contributed by atoms with Gasteiger partial charge >= 0.3 is 0 Å². The molecule has 0 aliphatic carbocycles. The Morgan fingerprint density at radius 2 is 1.86 bits per heavy atom. The van der Waals surface area contributed by atoms with E-state index in [4.69, 9.17) is 4.18 Å². The van der Waals surface area contributed by atoms with Crippen molar-refractivity contribution < 1.29 is 17.4 Å². The fourth-order valence-corrected chi connectivity index (χ4v) is 3.05. The number of nitrogens with zero attached hydrogens (tertiary/aromatic N) is 1. The molecule has 1 amide bonds. The number of carbonyl (C=O) groups is 1. The summed E-state index contributed by atoms with van der Waals surface area (Å²) in [6.45, 7) is 0.511. The molecular weight excluding hydrogens is 290 g/mol. The molecule has 1 aliphatic rings. The number of carbonyl (C=O) groups excluding carboxylic acids is 1. The molecule has 2 aromatic carbocycles. The molecule has 0 unspecified atom stereocenters. The van der Waals surface area contributed by atoms with E-state index in [0.29, 0.717) is 18.5 Å². The molecular formula is C15H15NO4S. The maximum absolute atomic E-state index is 12.4. The molecule has 6 heteroatoms. The van der Waals surface area contributed by atoms with Crippen molar-refractivity contribution in [2.24, 2.45) is 0 Å². The molecule has 0 bridgehead atoms. The van der Waals surface area contributed by atoms with Crippen LogP contribution in [0.1, 0.15) is 16.8 Å². The van der Waals surface area contributed by atoms with Crippen molar-refractivity contribution in [1.29, 1.82) is 0 Å². The Morgan fingerprint density at radius 1 is 1.14 bits per heavy atom. The average Bonchev–Trinajstić information content (AvgIpc) is 2.70. The SMILES string of the molecule is CS(=O)(=O)OCCCN1C(=O)c2cccc3cccc1c23. The van der Waals surface area contributed by atoms with Crippen LogP contribution in [-0.2, 0) is 14.3 Å². The topological polar surface area (TPSA) is 63.7 Å². The van der Waals surface area contributed by atoms with Gasteiger partial charge in [0.25, 0.3) is 16.0 Å². The second-order valence-corrected chi connectivity index (χ2v) is 6.66. The Bertz CT molecular complexity index is 808. The molecule has 0 aromatic heterocycles. The molecule has 1 aliphatic heterocycles. The first-order chi connectivity index (χ1) is 9.97. The van der Waals surface area contributed by atoms with Crippen LogP contribution in [0.15, 0.2) is 36.4 Å².